The molecular formula is C64H108O6. The highest BCUT2D eigenvalue weighted by Crippen LogP contribution is 2.15. The highest BCUT2D eigenvalue weighted by Gasteiger charge is 2.19. The molecule has 70 heavy (non-hydrogen) atoms. The van der Waals surface area contributed by atoms with Crippen molar-refractivity contribution in [3.05, 3.63) is 97.2 Å². The van der Waals surface area contributed by atoms with E-state index >= 15 is 0 Å². The number of carbonyl (C=O) groups excluding carboxylic acids is 3. The van der Waals surface area contributed by atoms with Crippen molar-refractivity contribution in [2.75, 3.05) is 13.2 Å². The molecule has 0 heterocycles. The molecule has 0 spiro atoms. The quantitative estimate of drug-likeness (QED) is 0.0262. The van der Waals surface area contributed by atoms with Crippen LogP contribution in [0.15, 0.2) is 97.2 Å². The maximum Gasteiger partial charge on any atom is 0.306 e. The van der Waals surface area contributed by atoms with Crippen molar-refractivity contribution in [3.63, 3.8) is 0 Å². The van der Waals surface area contributed by atoms with E-state index in [-0.39, 0.29) is 37.5 Å². The molecule has 0 N–H and O–H groups in total. The van der Waals surface area contributed by atoms with Gasteiger partial charge in [-0.15, -0.1) is 0 Å². The van der Waals surface area contributed by atoms with E-state index in [1.54, 1.807) is 0 Å². The topological polar surface area (TPSA) is 78.9 Å². The Morgan fingerprint density at radius 1 is 0.286 bits per heavy atom. The molecule has 0 aromatic rings. The zero-order chi connectivity index (χ0) is 50.7. The van der Waals surface area contributed by atoms with Gasteiger partial charge in [-0.2, -0.15) is 0 Å². The zero-order valence-electron chi connectivity index (χ0n) is 45.8. The summed E-state index contributed by atoms with van der Waals surface area (Å²) in [4.78, 5) is 38.2. The van der Waals surface area contributed by atoms with Crippen molar-refractivity contribution >= 4 is 17.9 Å². The summed E-state index contributed by atoms with van der Waals surface area (Å²) in [5.41, 5.74) is 0. The Hall–Kier alpha value is -3.67. The summed E-state index contributed by atoms with van der Waals surface area (Å²) in [5.74, 6) is -0.958. The van der Waals surface area contributed by atoms with Crippen LogP contribution in [0.2, 0.25) is 0 Å². The second kappa shape index (κ2) is 57.9. The third-order valence-corrected chi connectivity index (χ3v) is 12.3. The monoisotopic (exact) mass is 973 g/mol. The molecule has 1 atom stereocenters. The summed E-state index contributed by atoms with van der Waals surface area (Å²) in [5, 5.41) is 0. The number of hydrogen-bond acceptors (Lipinski definition) is 6. The van der Waals surface area contributed by atoms with E-state index in [0.717, 1.165) is 109 Å². The third-order valence-electron chi connectivity index (χ3n) is 12.3. The highest BCUT2D eigenvalue weighted by atomic mass is 16.6. The summed E-state index contributed by atoms with van der Waals surface area (Å²) >= 11 is 0. The van der Waals surface area contributed by atoms with Crippen LogP contribution in [0.1, 0.15) is 271 Å². The first kappa shape index (κ1) is 66.3. The number of ether oxygens (including phenoxy) is 3. The molecule has 6 nitrogen and oxygen atoms in total. The van der Waals surface area contributed by atoms with Crippen molar-refractivity contribution in [2.24, 2.45) is 0 Å². The first-order chi connectivity index (χ1) is 34.5. The zero-order valence-corrected chi connectivity index (χ0v) is 45.8. The number of rotatable bonds is 52. The molecule has 0 unspecified atom stereocenters. The van der Waals surface area contributed by atoms with Gasteiger partial charge in [-0.05, 0) is 109 Å². The molecule has 0 aromatic heterocycles. The van der Waals surface area contributed by atoms with Gasteiger partial charge in [-0.25, -0.2) is 0 Å². The summed E-state index contributed by atoms with van der Waals surface area (Å²) in [6.45, 7) is 6.54. The van der Waals surface area contributed by atoms with Crippen LogP contribution in [-0.2, 0) is 28.6 Å². The van der Waals surface area contributed by atoms with Crippen molar-refractivity contribution in [2.45, 2.75) is 277 Å². The van der Waals surface area contributed by atoms with Gasteiger partial charge in [0.15, 0.2) is 6.10 Å². The van der Waals surface area contributed by atoms with E-state index in [4.69, 9.17) is 14.2 Å². The molecule has 0 aliphatic rings. The normalized spacial score (nSPS) is 12.8. The van der Waals surface area contributed by atoms with Crippen LogP contribution >= 0.6 is 0 Å². The maximum atomic E-state index is 12.9. The lowest BCUT2D eigenvalue weighted by Gasteiger charge is -2.18. The van der Waals surface area contributed by atoms with Crippen molar-refractivity contribution in [1.82, 2.24) is 0 Å². The lowest BCUT2D eigenvalue weighted by molar-refractivity contribution is -0.167. The number of hydrogen-bond donors (Lipinski definition) is 0. The van der Waals surface area contributed by atoms with E-state index in [1.165, 1.54) is 122 Å². The number of allylic oxidation sites excluding steroid dienone is 16. The molecule has 0 aliphatic heterocycles. The van der Waals surface area contributed by atoms with E-state index in [0.29, 0.717) is 12.8 Å². The van der Waals surface area contributed by atoms with Gasteiger partial charge in [-0.3, -0.25) is 14.4 Å². The Morgan fingerprint density at radius 2 is 0.514 bits per heavy atom. The fourth-order valence-electron chi connectivity index (χ4n) is 7.88. The average Bonchev–Trinajstić information content (AvgIpc) is 3.36. The van der Waals surface area contributed by atoms with E-state index in [9.17, 15) is 14.4 Å². The van der Waals surface area contributed by atoms with Gasteiger partial charge in [0, 0.05) is 19.3 Å². The van der Waals surface area contributed by atoms with Gasteiger partial charge in [-0.1, -0.05) is 240 Å². The third kappa shape index (κ3) is 55.3. The number of unbranched alkanes of at least 4 members (excludes halogenated alkanes) is 25. The fraction of sp³-hybridized carbons (Fsp3) is 0.703. The minimum Gasteiger partial charge on any atom is -0.462 e. The molecule has 0 rings (SSSR count). The van der Waals surface area contributed by atoms with Crippen LogP contribution in [0.4, 0.5) is 0 Å². The van der Waals surface area contributed by atoms with Gasteiger partial charge >= 0.3 is 17.9 Å². The molecule has 0 fully saturated rings. The average molecular weight is 974 g/mol. The molecule has 0 saturated heterocycles. The number of esters is 3. The van der Waals surface area contributed by atoms with E-state index in [2.05, 4.69) is 118 Å². The Balaban J connectivity index is 4.51. The first-order valence-corrected chi connectivity index (χ1v) is 29.2. The second-order valence-corrected chi connectivity index (χ2v) is 19.2. The highest BCUT2D eigenvalue weighted by molar-refractivity contribution is 5.71. The summed E-state index contributed by atoms with van der Waals surface area (Å²) in [7, 11) is 0. The standard InChI is InChI=1S/C64H108O6/c1-4-7-10-13-16-19-22-25-28-30-32-34-36-39-42-45-48-51-54-57-63(66)69-60-61(59-68-62(65)56-53-50-47-44-41-38-27-24-21-18-15-12-9-6-3)70-64(67)58-55-52-49-46-43-40-37-35-33-31-29-26-23-20-17-14-11-8-5-2/h16-17,19-20,25-26,28-29,32-35,39-40,42-43,61H,4-15,18,21-24,27,30-31,36-38,41,44-60H2,1-3H3/b19-16+,20-17+,28-25+,29-26+,34-32+,35-33+,42-39+,43-40+/t61-/m1/s1. The first-order valence-electron chi connectivity index (χ1n) is 29.2. The molecule has 0 aromatic carbocycles. The fourth-order valence-corrected chi connectivity index (χ4v) is 7.88. The largest absolute Gasteiger partial charge is 0.462 e. The molecule has 0 radical (unpaired) electrons. The van der Waals surface area contributed by atoms with Gasteiger partial charge in [0.1, 0.15) is 13.2 Å². The van der Waals surface area contributed by atoms with E-state index in [1.807, 2.05) is 0 Å². The minimum absolute atomic E-state index is 0.0996. The Bertz CT molecular complexity index is 1400. The summed E-state index contributed by atoms with van der Waals surface area (Å²) < 4.78 is 16.8. The van der Waals surface area contributed by atoms with Crippen LogP contribution in [0.5, 0.6) is 0 Å². The van der Waals surface area contributed by atoms with Gasteiger partial charge < -0.3 is 14.2 Å². The second-order valence-electron chi connectivity index (χ2n) is 19.2. The molecule has 0 amide bonds. The molecule has 0 aliphatic carbocycles. The summed E-state index contributed by atoms with van der Waals surface area (Å²) in [6, 6.07) is 0. The van der Waals surface area contributed by atoms with Crippen LogP contribution in [0.25, 0.3) is 0 Å². The molecule has 6 heteroatoms. The minimum atomic E-state index is -0.808. The van der Waals surface area contributed by atoms with Crippen LogP contribution in [-0.4, -0.2) is 37.2 Å². The lowest BCUT2D eigenvalue weighted by atomic mass is 10.0. The van der Waals surface area contributed by atoms with Crippen molar-refractivity contribution in [1.29, 1.82) is 0 Å². The van der Waals surface area contributed by atoms with Gasteiger partial charge in [0.05, 0.1) is 0 Å². The summed E-state index contributed by atoms with van der Waals surface area (Å²) in [6.07, 6.45) is 76.8. The molecular weight excluding hydrogens is 865 g/mol. The maximum absolute atomic E-state index is 12.9. The van der Waals surface area contributed by atoms with E-state index < -0.39 is 6.10 Å². The predicted molar refractivity (Wildman–Crippen MR) is 302 cm³/mol. The van der Waals surface area contributed by atoms with Crippen LogP contribution in [0, 0.1) is 0 Å². The van der Waals surface area contributed by atoms with Gasteiger partial charge in [0.25, 0.3) is 0 Å². The SMILES string of the molecule is CCCCC/C=C/C/C=C/C/C=C/C/C=C/CCCCCC(=O)OC[C@@H](COC(=O)CCCCCCCCCCCCCCCC)OC(=O)CCCCC/C=C/C/C=C/C/C=C/C/C=C/CCCCC. The van der Waals surface area contributed by atoms with Crippen LogP contribution in [0.3, 0.4) is 0 Å². The predicted octanol–water partition coefficient (Wildman–Crippen LogP) is 19.7. The Kier molecular flexibility index (Phi) is 54.9. The molecule has 400 valence electrons. The van der Waals surface area contributed by atoms with Gasteiger partial charge in [0.2, 0.25) is 0 Å². The van der Waals surface area contributed by atoms with Crippen LogP contribution < -0.4 is 0 Å². The van der Waals surface area contributed by atoms with Crippen molar-refractivity contribution < 1.29 is 28.6 Å². The Morgan fingerprint density at radius 3 is 0.829 bits per heavy atom. The molecule has 0 saturated carbocycles. The molecule has 0 bridgehead atoms. The Labute approximate surface area is 432 Å². The van der Waals surface area contributed by atoms with Crippen molar-refractivity contribution in [3.8, 4) is 0 Å². The smallest absolute Gasteiger partial charge is 0.306 e. The lowest BCUT2D eigenvalue weighted by Crippen LogP contribution is -2.30. The number of carbonyl (C=O) groups is 3.